The topological polar surface area (TPSA) is 30.5 Å². The van der Waals surface area contributed by atoms with E-state index in [9.17, 15) is 0 Å². The van der Waals surface area contributed by atoms with Gasteiger partial charge in [-0.2, -0.15) is 0 Å². The Morgan fingerprint density at radius 2 is 2.05 bits per heavy atom. The molecule has 4 atom stereocenters. The lowest BCUT2D eigenvalue weighted by Crippen LogP contribution is -2.30. The van der Waals surface area contributed by atoms with Gasteiger partial charge in [0.15, 0.2) is 0 Å². The molecule has 2 rings (SSSR count). The van der Waals surface area contributed by atoms with Gasteiger partial charge in [-0.25, -0.2) is 0 Å². The van der Waals surface area contributed by atoms with Crippen molar-refractivity contribution in [3.05, 3.63) is 29.8 Å². The summed E-state index contributed by atoms with van der Waals surface area (Å²) in [6.07, 6.45) is 4.09. The fraction of sp³-hybridized carbons (Fsp3) is 0.667. The van der Waals surface area contributed by atoms with Crippen molar-refractivity contribution >= 4 is 0 Å². The maximum atomic E-state index is 6.18. The van der Waals surface area contributed by atoms with Crippen molar-refractivity contribution < 1.29 is 9.47 Å². The first-order chi connectivity index (χ1) is 10.1. The van der Waals surface area contributed by atoms with E-state index in [0.717, 1.165) is 24.2 Å². The standard InChI is InChI=1S/C18H29NO2/c1-13-8-9-17(10-14(13)2)21-12-18(19-3)15-6-5-7-16(11-15)20-4/h5-7,11,13-14,17-19H,8-10,12H2,1-4H3. The van der Waals surface area contributed by atoms with E-state index in [-0.39, 0.29) is 6.04 Å². The molecule has 1 aliphatic carbocycles. The van der Waals surface area contributed by atoms with E-state index in [1.807, 2.05) is 19.2 Å². The van der Waals surface area contributed by atoms with E-state index in [2.05, 4.69) is 31.3 Å². The average Bonchev–Trinajstić information content (AvgIpc) is 2.51. The Morgan fingerprint density at radius 1 is 1.24 bits per heavy atom. The maximum Gasteiger partial charge on any atom is 0.119 e. The van der Waals surface area contributed by atoms with Gasteiger partial charge in [0.1, 0.15) is 5.75 Å². The number of ether oxygens (including phenoxy) is 2. The predicted molar refractivity (Wildman–Crippen MR) is 86.7 cm³/mol. The lowest BCUT2D eigenvalue weighted by Gasteiger charge is -2.33. The van der Waals surface area contributed by atoms with E-state index in [0.29, 0.717) is 6.10 Å². The largest absolute Gasteiger partial charge is 0.497 e. The zero-order valence-corrected chi connectivity index (χ0v) is 13.8. The number of hydrogen-bond donors (Lipinski definition) is 1. The van der Waals surface area contributed by atoms with Crippen molar-refractivity contribution in [1.29, 1.82) is 0 Å². The molecular formula is C18H29NO2. The molecule has 0 saturated heterocycles. The van der Waals surface area contributed by atoms with Gasteiger partial charge >= 0.3 is 0 Å². The first-order valence-electron chi connectivity index (χ1n) is 8.06. The summed E-state index contributed by atoms with van der Waals surface area (Å²) in [5.74, 6) is 2.50. The van der Waals surface area contributed by atoms with E-state index < -0.39 is 0 Å². The third kappa shape index (κ3) is 4.45. The number of likely N-dealkylation sites (N-methyl/N-ethyl adjacent to an activating group) is 1. The molecule has 118 valence electrons. The first-order valence-corrected chi connectivity index (χ1v) is 8.06. The van der Waals surface area contributed by atoms with Gasteiger partial charge < -0.3 is 14.8 Å². The molecule has 1 fully saturated rings. The summed E-state index contributed by atoms with van der Waals surface area (Å²) in [4.78, 5) is 0. The van der Waals surface area contributed by atoms with Crippen LogP contribution in [0, 0.1) is 11.8 Å². The molecule has 21 heavy (non-hydrogen) atoms. The maximum absolute atomic E-state index is 6.18. The van der Waals surface area contributed by atoms with Gasteiger partial charge in [0.2, 0.25) is 0 Å². The van der Waals surface area contributed by atoms with E-state index in [1.165, 1.54) is 24.8 Å². The Balaban J connectivity index is 1.90. The molecule has 0 aliphatic heterocycles. The third-order valence-electron chi connectivity index (χ3n) is 4.89. The average molecular weight is 291 g/mol. The normalized spacial score (nSPS) is 27.3. The van der Waals surface area contributed by atoms with Crippen molar-refractivity contribution in [3.63, 3.8) is 0 Å². The van der Waals surface area contributed by atoms with Gasteiger partial charge in [-0.15, -0.1) is 0 Å². The Kier molecular flexibility index (Phi) is 6.07. The van der Waals surface area contributed by atoms with Crippen molar-refractivity contribution in [3.8, 4) is 5.75 Å². The van der Waals surface area contributed by atoms with Gasteiger partial charge in [-0.1, -0.05) is 26.0 Å². The highest BCUT2D eigenvalue weighted by Crippen LogP contribution is 2.31. The van der Waals surface area contributed by atoms with Crippen LogP contribution in [-0.2, 0) is 4.74 Å². The Hall–Kier alpha value is -1.06. The summed E-state index contributed by atoms with van der Waals surface area (Å²) in [6.45, 7) is 5.42. The van der Waals surface area contributed by atoms with Gasteiger partial charge in [0.05, 0.1) is 25.9 Å². The number of benzene rings is 1. The van der Waals surface area contributed by atoms with Gasteiger partial charge in [-0.05, 0) is 55.8 Å². The minimum absolute atomic E-state index is 0.217. The zero-order valence-electron chi connectivity index (χ0n) is 13.8. The molecule has 0 radical (unpaired) electrons. The lowest BCUT2D eigenvalue weighted by atomic mass is 9.80. The van der Waals surface area contributed by atoms with Crippen LogP contribution >= 0.6 is 0 Å². The van der Waals surface area contributed by atoms with E-state index in [4.69, 9.17) is 9.47 Å². The molecule has 4 unspecified atom stereocenters. The Labute approximate surface area is 129 Å². The molecule has 0 amide bonds. The van der Waals surface area contributed by atoms with E-state index in [1.54, 1.807) is 7.11 Å². The number of rotatable bonds is 6. The Morgan fingerprint density at radius 3 is 2.71 bits per heavy atom. The Bertz CT molecular complexity index is 435. The summed E-state index contributed by atoms with van der Waals surface area (Å²) in [6, 6.07) is 8.42. The highest BCUT2D eigenvalue weighted by atomic mass is 16.5. The molecule has 3 heteroatoms. The molecule has 0 heterocycles. The van der Waals surface area contributed by atoms with Crippen LogP contribution in [0.3, 0.4) is 0 Å². The SMILES string of the molecule is CNC(COC1CCC(C)C(C)C1)c1cccc(OC)c1. The van der Waals surface area contributed by atoms with Crippen molar-refractivity contribution in [1.82, 2.24) is 5.32 Å². The molecule has 1 N–H and O–H groups in total. The highest BCUT2D eigenvalue weighted by molar-refractivity contribution is 5.30. The second-order valence-corrected chi connectivity index (χ2v) is 6.34. The molecule has 1 aromatic carbocycles. The zero-order chi connectivity index (χ0) is 15.2. The second kappa shape index (κ2) is 7.81. The number of nitrogens with one attached hydrogen (secondary N) is 1. The molecule has 1 aromatic rings. The number of hydrogen-bond acceptors (Lipinski definition) is 3. The summed E-state index contributed by atoms with van der Waals surface area (Å²) < 4.78 is 11.5. The van der Waals surface area contributed by atoms with Crippen molar-refractivity contribution in [2.45, 2.75) is 45.3 Å². The van der Waals surface area contributed by atoms with Crippen LogP contribution in [-0.4, -0.2) is 26.9 Å². The van der Waals surface area contributed by atoms with Crippen LogP contribution in [0.4, 0.5) is 0 Å². The highest BCUT2D eigenvalue weighted by Gasteiger charge is 2.25. The van der Waals surface area contributed by atoms with Gasteiger partial charge in [-0.3, -0.25) is 0 Å². The third-order valence-corrected chi connectivity index (χ3v) is 4.89. The van der Waals surface area contributed by atoms with Crippen LogP contribution in [0.1, 0.15) is 44.7 Å². The summed E-state index contributed by atoms with van der Waals surface area (Å²) in [5.41, 5.74) is 1.22. The smallest absolute Gasteiger partial charge is 0.119 e. The van der Waals surface area contributed by atoms with Crippen LogP contribution in [0.2, 0.25) is 0 Å². The van der Waals surface area contributed by atoms with Crippen molar-refractivity contribution in [2.75, 3.05) is 20.8 Å². The molecule has 1 aliphatic rings. The lowest BCUT2D eigenvalue weighted by molar-refractivity contribution is -0.00684. The molecule has 0 bridgehead atoms. The summed E-state index contributed by atoms with van der Waals surface area (Å²) >= 11 is 0. The quantitative estimate of drug-likeness (QED) is 0.865. The molecule has 0 aromatic heterocycles. The van der Waals surface area contributed by atoms with Crippen LogP contribution in [0.25, 0.3) is 0 Å². The fourth-order valence-corrected chi connectivity index (χ4v) is 3.09. The van der Waals surface area contributed by atoms with Gasteiger partial charge in [0, 0.05) is 0 Å². The second-order valence-electron chi connectivity index (χ2n) is 6.34. The fourth-order valence-electron chi connectivity index (χ4n) is 3.09. The minimum atomic E-state index is 0.217. The van der Waals surface area contributed by atoms with Crippen LogP contribution in [0.5, 0.6) is 5.75 Å². The minimum Gasteiger partial charge on any atom is -0.497 e. The monoisotopic (exact) mass is 291 g/mol. The van der Waals surface area contributed by atoms with E-state index >= 15 is 0 Å². The molecular weight excluding hydrogens is 262 g/mol. The molecule has 0 spiro atoms. The van der Waals surface area contributed by atoms with Crippen LogP contribution < -0.4 is 10.1 Å². The van der Waals surface area contributed by atoms with Crippen molar-refractivity contribution in [2.24, 2.45) is 11.8 Å². The first kappa shape index (κ1) is 16.3. The molecule has 3 nitrogen and oxygen atoms in total. The number of methoxy groups -OCH3 is 1. The predicted octanol–water partition coefficient (Wildman–Crippen LogP) is 3.80. The molecule has 1 saturated carbocycles. The van der Waals surface area contributed by atoms with Crippen LogP contribution in [0.15, 0.2) is 24.3 Å². The van der Waals surface area contributed by atoms with Gasteiger partial charge in [0.25, 0.3) is 0 Å². The summed E-state index contributed by atoms with van der Waals surface area (Å²) in [7, 11) is 3.69. The summed E-state index contributed by atoms with van der Waals surface area (Å²) in [5, 5.41) is 3.35.